The molecule has 1 nitrogen and oxygen atoms in total. The molecule has 0 saturated carbocycles. The smallest absolute Gasteiger partial charge is 0.0306 e. The molecule has 0 heterocycles. The number of rotatable bonds is 4. The highest BCUT2D eigenvalue weighted by Gasteiger charge is 2.08. The summed E-state index contributed by atoms with van der Waals surface area (Å²) in [6, 6.07) is 16.9. The Bertz CT molecular complexity index is 525. The van der Waals surface area contributed by atoms with Gasteiger partial charge in [0.1, 0.15) is 0 Å². The van der Waals surface area contributed by atoms with E-state index in [4.69, 9.17) is 0 Å². The van der Waals surface area contributed by atoms with Gasteiger partial charge in [0.05, 0.1) is 0 Å². The summed E-state index contributed by atoms with van der Waals surface area (Å²) < 4.78 is 2.30. The summed E-state index contributed by atoms with van der Waals surface area (Å²) >= 11 is 7.16. The van der Waals surface area contributed by atoms with Gasteiger partial charge in [-0.1, -0.05) is 68.3 Å². The van der Waals surface area contributed by atoms with Crippen LogP contribution >= 0.6 is 31.9 Å². The zero-order valence-electron chi connectivity index (χ0n) is 10.2. The molecule has 1 atom stereocenters. The standard InChI is InChI=1S/C15H15Br2N/c1-11(13-7-3-5-9-15(13)17)18-10-12-6-2-4-8-14(12)16/h2-9,11,18H,10H2,1H3/t11-/m1/s1. The van der Waals surface area contributed by atoms with Crippen molar-refractivity contribution in [3.63, 3.8) is 0 Å². The molecule has 0 amide bonds. The van der Waals surface area contributed by atoms with E-state index in [1.807, 2.05) is 12.1 Å². The number of nitrogens with one attached hydrogen (secondary N) is 1. The molecule has 18 heavy (non-hydrogen) atoms. The Kier molecular flexibility index (Phi) is 4.98. The molecule has 2 aromatic carbocycles. The minimum absolute atomic E-state index is 0.313. The normalized spacial score (nSPS) is 12.4. The summed E-state index contributed by atoms with van der Waals surface area (Å²) in [6.45, 7) is 3.03. The topological polar surface area (TPSA) is 12.0 Å². The summed E-state index contributed by atoms with van der Waals surface area (Å²) in [7, 11) is 0. The second-order valence-corrected chi connectivity index (χ2v) is 5.92. The molecule has 0 aliphatic heterocycles. The number of hydrogen-bond donors (Lipinski definition) is 1. The van der Waals surface area contributed by atoms with Gasteiger partial charge >= 0.3 is 0 Å². The van der Waals surface area contributed by atoms with Crippen LogP contribution in [0.3, 0.4) is 0 Å². The maximum absolute atomic E-state index is 3.59. The van der Waals surface area contributed by atoms with Crippen LogP contribution in [0.5, 0.6) is 0 Å². The van der Waals surface area contributed by atoms with Gasteiger partial charge in [0.15, 0.2) is 0 Å². The molecule has 1 N–H and O–H groups in total. The zero-order valence-corrected chi connectivity index (χ0v) is 13.3. The summed E-state index contributed by atoms with van der Waals surface area (Å²) in [5.74, 6) is 0. The fourth-order valence-electron chi connectivity index (χ4n) is 1.84. The van der Waals surface area contributed by atoms with E-state index < -0.39 is 0 Å². The second kappa shape index (κ2) is 6.50. The fourth-order valence-corrected chi connectivity index (χ4v) is 2.89. The van der Waals surface area contributed by atoms with Crippen LogP contribution in [0.15, 0.2) is 57.5 Å². The molecule has 2 rings (SSSR count). The van der Waals surface area contributed by atoms with E-state index >= 15 is 0 Å². The van der Waals surface area contributed by atoms with Crippen molar-refractivity contribution in [2.24, 2.45) is 0 Å². The van der Waals surface area contributed by atoms with Crippen LogP contribution in [0.25, 0.3) is 0 Å². The van der Waals surface area contributed by atoms with Crippen molar-refractivity contribution in [2.45, 2.75) is 19.5 Å². The van der Waals surface area contributed by atoms with Crippen LogP contribution in [-0.4, -0.2) is 0 Å². The van der Waals surface area contributed by atoms with Gasteiger partial charge in [0.25, 0.3) is 0 Å². The minimum atomic E-state index is 0.313. The molecule has 0 aliphatic rings. The second-order valence-electron chi connectivity index (χ2n) is 4.22. The van der Waals surface area contributed by atoms with Crippen molar-refractivity contribution in [1.29, 1.82) is 0 Å². The van der Waals surface area contributed by atoms with Crippen LogP contribution in [0.2, 0.25) is 0 Å². The first-order valence-corrected chi connectivity index (χ1v) is 7.48. The quantitative estimate of drug-likeness (QED) is 0.794. The predicted molar refractivity (Wildman–Crippen MR) is 83.5 cm³/mol. The van der Waals surface area contributed by atoms with Gasteiger partial charge in [0, 0.05) is 21.5 Å². The van der Waals surface area contributed by atoms with Crippen LogP contribution in [0, 0.1) is 0 Å². The summed E-state index contributed by atoms with van der Waals surface area (Å²) in [4.78, 5) is 0. The summed E-state index contributed by atoms with van der Waals surface area (Å²) in [5, 5.41) is 3.54. The number of hydrogen-bond acceptors (Lipinski definition) is 1. The SMILES string of the molecule is C[C@@H](NCc1ccccc1Br)c1ccccc1Br. The van der Waals surface area contributed by atoms with Crippen molar-refractivity contribution in [1.82, 2.24) is 5.32 Å². The Morgan fingerprint density at radius 3 is 2.22 bits per heavy atom. The van der Waals surface area contributed by atoms with Gasteiger partial charge in [0.2, 0.25) is 0 Å². The lowest BCUT2D eigenvalue weighted by Crippen LogP contribution is -2.18. The largest absolute Gasteiger partial charge is 0.306 e. The molecule has 0 aromatic heterocycles. The van der Waals surface area contributed by atoms with Gasteiger partial charge in [-0.05, 0) is 30.2 Å². The molecule has 3 heteroatoms. The average Bonchev–Trinajstić information content (AvgIpc) is 2.38. The lowest BCUT2D eigenvalue weighted by molar-refractivity contribution is 0.572. The molecule has 0 radical (unpaired) electrons. The van der Waals surface area contributed by atoms with Crippen LogP contribution < -0.4 is 5.32 Å². The van der Waals surface area contributed by atoms with Crippen molar-refractivity contribution in [2.75, 3.05) is 0 Å². The van der Waals surface area contributed by atoms with Gasteiger partial charge in [-0.2, -0.15) is 0 Å². The number of halogens is 2. The van der Waals surface area contributed by atoms with E-state index in [0.29, 0.717) is 6.04 Å². The van der Waals surface area contributed by atoms with Crippen LogP contribution in [-0.2, 0) is 6.54 Å². The molecular formula is C15H15Br2N. The van der Waals surface area contributed by atoms with E-state index in [9.17, 15) is 0 Å². The third-order valence-corrected chi connectivity index (χ3v) is 4.42. The van der Waals surface area contributed by atoms with Crippen molar-refractivity contribution < 1.29 is 0 Å². The van der Waals surface area contributed by atoms with Crippen LogP contribution in [0.1, 0.15) is 24.1 Å². The Morgan fingerprint density at radius 1 is 0.944 bits per heavy atom. The molecular weight excluding hydrogens is 354 g/mol. The maximum atomic E-state index is 3.59. The minimum Gasteiger partial charge on any atom is -0.306 e. The molecule has 0 unspecified atom stereocenters. The first-order chi connectivity index (χ1) is 8.68. The van der Waals surface area contributed by atoms with Crippen molar-refractivity contribution in [3.8, 4) is 0 Å². The monoisotopic (exact) mass is 367 g/mol. The highest BCUT2D eigenvalue weighted by Crippen LogP contribution is 2.23. The highest BCUT2D eigenvalue weighted by molar-refractivity contribution is 9.10. The van der Waals surface area contributed by atoms with Gasteiger partial charge in [-0.15, -0.1) is 0 Å². The Balaban J connectivity index is 2.03. The molecule has 94 valence electrons. The molecule has 0 fully saturated rings. The molecule has 0 bridgehead atoms. The van der Waals surface area contributed by atoms with Gasteiger partial charge in [-0.25, -0.2) is 0 Å². The first-order valence-electron chi connectivity index (χ1n) is 5.89. The Labute approximate surface area is 125 Å². The van der Waals surface area contributed by atoms with Crippen LogP contribution in [0.4, 0.5) is 0 Å². The lowest BCUT2D eigenvalue weighted by Gasteiger charge is -2.16. The predicted octanol–water partition coefficient (Wildman–Crippen LogP) is 5.06. The Hall–Kier alpha value is -0.640. The zero-order chi connectivity index (χ0) is 13.0. The van der Waals surface area contributed by atoms with E-state index in [0.717, 1.165) is 15.5 Å². The molecule has 0 saturated heterocycles. The highest BCUT2D eigenvalue weighted by atomic mass is 79.9. The molecule has 2 aromatic rings. The lowest BCUT2D eigenvalue weighted by atomic mass is 10.1. The third-order valence-electron chi connectivity index (χ3n) is 2.93. The fraction of sp³-hybridized carbons (Fsp3) is 0.200. The van der Waals surface area contributed by atoms with Gasteiger partial charge in [-0.3, -0.25) is 0 Å². The first kappa shape index (κ1) is 13.8. The van der Waals surface area contributed by atoms with E-state index in [-0.39, 0.29) is 0 Å². The van der Waals surface area contributed by atoms with Crippen molar-refractivity contribution in [3.05, 3.63) is 68.6 Å². The summed E-state index contributed by atoms with van der Waals surface area (Å²) in [5.41, 5.74) is 2.56. The Morgan fingerprint density at radius 2 is 1.56 bits per heavy atom. The van der Waals surface area contributed by atoms with Crippen molar-refractivity contribution >= 4 is 31.9 Å². The van der Waals surface area contributed by atoms with E-state index in [2.05, 4.69) is 80.5 Å². The van der Waals surface area contributed by atoms with Gasteiger partial charge < -0.3 is 5.32 Å². The number of benzene rings is 2. The molecule has 0 spiro atoms. The van der Waals surface area contributed by atoms with E-state index in [1.165, 1.54) is 11.1 Å². The molecule has 0 aliphatic carbocycles. The summed E-state index contributed by atoms with van der Waals surface area (Å²) in [6.07, 6.45) is 0. The van der Waals surface area contributed by atoms with E-state index in [1.54, 1.807) is 0 Å². The third kappa shape index (κ3) is 3.44. The average molecular weight is 369 g/mol. The maximum Gasteiger partial charge on any atom is 0.0306 e.